The molecule has 4 nitrogen and oxygen atoms in total. The van der Waals surface area contributed by atoms with Crippen molar-refractivity contribution in [2.24, 2.45) is 0 Å². The molecule has 0 radical (unpaired) electrons. The number of fused-ring (bicyclic) bond motifs is 2. The molecule has 4 heterocycles. The molecule has 0 bridgehead atoms. The van der Waals surface area contributed by atoms with Crippen LogP contribution in [0.5, 0.6) is 0 Å². The van der Waals surface area contributed by atoms with Crippen LogP contribution in [0.25, 0.3) is 0 Å². The molecule has 0 saturated heterocycles. The molecule has 0 amide bonds. The number of hydrogen-bond acceptors (Lipinski definition) is 0. The molecule has 0 fully saturated rings. The first-order chi connectivity index (χ1) is 14.4. The standard InChI is InChI=1S/C26H30N4/c1-17-18(2)26(30-16-28-14-10-8-12-24(28)22(30)6)20(4)19(3)25(17)29-15-27-13-9-7-11-23(27)21(29)5/h7-14H,15-16H2,1-6H3/q+4. The lowest BCUT2D eigenvalue weighted by molar-refractivity contribution is -0.809. The third-order valence-corrected chi connectivity index (χ3v) is 7.11. The monoisotopic (exact) mass is 398 g/mol. The van der Waals surface area contributed by atoms with Crippen LogP contribution in [0.4, 0.5) is 11.4 Å². The summed E-state index contributed by atoms with van der Waals surface area (Å²) in [6, 6.07) is 12.9. The van der Waals surface area contributed by atoms with Crippen molar-refractivity contribution in [1.29, 1.82) is 0 Å². The van der Waals surface area contributed by atoms with Crippen molar-refractivity contribution in [2.75, 3.05) is 0 Å². The Kier molecular flexibility index (Phi) is 4.21. The van der Waals surface area contributed by atoms with Gasteiger partial charge in [0.15, 0.2) is 12.4 Å². The Morgan fingerprint density at radius 3 is 1.23 bits per heavy atom. The van der Waals surface area contributed by atoms with Crippen LogP contribution in [0.2, 0.25) is 0 Å². The molecule has 4 heteroatoms. The summed E-state index contributed by atoms with van der Waals surface area (Å²) in [6.07, 6.45) is 4.35. The third-order valence-electron chi connectivity index (χ3n) is 7.11. The van der Waals surface area contributed by atoms with Crippen molar-refractivity contribution in [2.45, 2.75) is 54.9 Å². The zero-order valence-corrected chi connectivity index (χ0v) is 18.8. The Balaban J connectivity index is 1.70. The van der Waals surface area contributed by atoms with Crippen LogP contribution in [-0.4, -0.2) is 20.6 Å². The van der Waals surface area contributed by atoms with Crippen molar-refractivity contribution < 1.29 is 18.3 Å². The van der Waals surface area contributed by atoms with Crippen molar-refractivity contribution >= 4 is 22.8 Å². The van der Waals surface area contributed by atoms with E-state index in [2.05, 4.69) is 109 Å². The van der Waals surface area contributed by atoms with Crippen molar-refractivity contribution in [1.82, 2.24) is 0 Å². The van der Waals surface area contributed by atoms with Crippen LogP contribution in [0, 0.1) is 27.7 Å². The first kappa shape index (κ1) is 18.9. The highest BCUT2D eigenvalue weighted by Gasteiger charge is 2.40. The van der Waals surface area contributed by atoms with E-state index >= 15 is 0 Å². The maximum absolute atomic E-state index is 2.48. The summed E-state index contributed by atoms with van der Waals surface area (Å²) in [7, 11) is 0. The maximum atomic E-state index is 2.48. The Morgan fingerprint density at radius 2 is 0.900 bits per heavy atom. The molecular weight excluding hydrogens is 368 g/mol. The van der Waals surface area contributed by atoms with Gasteiger partial charge in [0.05, 0.1) is 0 Å². The molecule has 150 valence electrons. The Morgan fingerprint density at radius 1 is 0.533 bits per heavy atom. The smallest absolute Gasteiger partial charge is 0.134 e. The van der Waals surface area contributed by atoms with Gasteiger partial charge in [-0.2, -0.15) is 0 Å². The molecular formula is C26H30N4+4. The van der Waals surface area contributed by atoms with Gasteiger partial charge in [-0.15, -0.1) is 18.3 Å². The van der Waals surface area contributed by atoms with E-state index in [9.17, 15) is 0 Å². The highest BCUT2D eigenvalue weighted by molar-refractivity contribution is 5.94. The van der Waals surface area contributed by atoms with E-state index in [1.807, 2.05) is 0 Å². The number of aromatic nitrogens is 2. The molecule has 2 aromatic heterocycles. The zero-order valence-electron chi connectivity index (χ0n) is 18.8. The van der Waals surface area contributed by atoms with Crippen molar-refractivity contribution in [3.8, 4) is 0 Å². The average molecular weight is 399 g/mol. The van der Waals surface area contributed by atoms with Crippen LogP contribution in [0.15, 0.2) is 48.8 Å². The molecule has 0 spiro atoms. The number of pyridine rings is 2. The van der Waals surface area contributed by atoms with Gasteiger partial charge < -0.3 is 0 Å². The summed E-state index contributed by atoms with van der Waals surface area (Å²) >= 11 is 0. The predicted molar refractivity (Wildman–Crippen MR) is 118 cm³/mol. The van der Waals surface area contributed by atoms with Crippen molar-refractivity contribution in [3.05, 3.63) is 82.4 Å². The second-order valence-corrected chi connectivity index (χ2v) is 8.62. The minimum Gasteiger partial charge on any atom is -0.134 e. The topological polar surface area (TPSA) is 13.8 Å². The summed E-state index contributed by atoms with van der Waals surface area (Å²) in [4.78, 5) is 0. The summed E-state index contributed by atoms with van der Waals surface area (Å²) in [5, 5.41) is 0. The Labute approximate surface area is 178 Å². The Bertz CT molecular complexity index is 1160. The number of rotatable bonds is 2. The van der Waals surface area contributed by atoms with Gasteiger partial charge in [-0.3, -0.25) is 0 Å². The van der Waals surface area contributed by atoms with E-state index in [0.717, 1.165) is 13.3 Å². The van der Waals surface area contributed by atoms with Gasteiger partial charge in [0.1, 0.15) is 0 Å². The lowest BCUT2D eigenvalue weighted by atomic mass is 9.95. The number of nitrogens with zero attached hydrogens (tertiary/aromatic N) is 4. The van der Waals surface area contributed by atoms with Crippen LogP contribution in [0.3, 0.4) is 0 Å². The fourth-order valence-electron chi connectivity index (χ4n) is 5.21. The summed E-state index contributed by atoms with van der Waals surface area (Å²) in [5.74, 6) is 0. The molecule has 0 atom stereocenters. The lowest BCUT2D eigenvalue weighted by Crippen LogP contribution is -2.36. The molecule has 0 N–H and O–H groups in total. The normalized spacial score (nSPS) is 15.1. The maximum Gasteiger partial charge on any atom is 0.345 e. The van der Waals surface area contributed by atoms with E-state index in [-0.39, 0.29) is 0 Å². The van der Waals surface area contributed by atoms with Gasteiger partial charge in [0.25, 0.3) is 22.8 Å². The largest absolute Gasteiger partial charge is 0.345 e. The number of hydrogen-bond donors (Lipinski definition) is 0. The molecule has 5 rings (SSSR count). The van der Waals surface area contributed by atoms with E-state index < -0.39 is 0 Å². The van der Waals surface area contributed by atoms with Gasteiger partial charge in [-0.25, -0.2) is 0 Å². The molecule has 0 unspecified atom stereocenters. The highest BCUT2D eigenvalue weighted by atomic mass is 15.2. The van der Waals surface area contributed by atoms with E-state index in [1.54, 1.807) is 0 Å². The minimum absolute atomic E-state index is 0.873. The highest BCUT2D eigenvalue weighted by Crippen LogP contribution is 2.38. The quantitative estimate of drug-likeness (QED) is 0.584. The van der Waals surface area contributed by atoms with Gasteiger partial charge in [-0.1, -0.05) is 0 Å². The van der Waals surface area contributed by atoms with E-state index in [1.165, 1.54) is 56.4 Å². The van der Waals surface area contributed by atoms with Crippen LogP contribution in [0.1, 0.15) is 47.5 Å². The zero-order chi connectivity index (χ0) is 21.2. The van der Waals surface area contributed by atoms with E-state index in [4.69, 9.17) is 0 Å². The summed E-state index contributed by atoms with van der Waals surface area (Å²) < 4.78 is 9.62. The summed E-state index contributed by atoms with van der Waals surface area (Å²) in [6.45, 7) is 15.4. The first-order valence-electron chi connectivity index (χ1n) is 10.7. The van der Waals surface area contributed by atoms with Gasteiger partial charge in [-0.05, 0) is 39.8 Å². The van der Waals surface area contributed by atoms with Gasteiger partial charge in [0, 0.05) is 60.4 Å². The molecule has 30 heavy (non-hydrogen) atoms. The predicted octanol–water partition coefficient (Wildman–Crippen LogP) is 3.74. The van der Waals surface area contributed by atoms with E-state index in [0.29, 0.717) is 0 Å². The lowest BCUT2D eigenvalue weighted by Gasteiger charge is -2.13. The summed E-state index contributed by atoms with van der Waals surface area (Å²) in [5.41, 5.74) is 13.4. The fraction of sp³-hybridized carbons (Fsp3) is 0.308. The van der Waals surface area contributed by atoms with Gasteiger partial charge >= 0.3 is 13.3 Å². The second kappa shape index (κ2) is 6.69. The van der Waals surface area contributed by atoms with Crippen LogP contribution < -0.4 is 9.13 Å². The molecule has 3 aromatic rings. The minimum atomic E-state index is 0.873. The molecule has 0 saturated carbocycles. The Hall–Kier alpha value is -3.14. The molecule has 1 aromatic carbocycles. The van der Waals surface area contributed by atoms with Crippen LogP contribution >= 0.6 is 0 Å². The molecule has 2 aliphatic rings. The third kappa shape index (κ3) is 2.53. The van der Waals surface area contributed by atoms with Crippen LogP contribution in [-0.2, 0) is 13.3 Å². The SMILES string of the molecule is CC1=[N+](c2c(C)c(C)c([N+]3=C(C)c4cccc[n+]4C3)c(C)c2C)C[n+]2ccccc21. The molecule has 0 aliphatic carbocycles. The second-order valence-electron chi connectivity index (χ2n) is 8.62. The van der Waals surface area contributed by atoms with Gasteiger partial charge in [0.2, 0.25) is 11.4 Å². The van der Waals surface area contributed by atoms with Crippen molar-refractivity contribution in [3.63, 3.8) is 0 Å². The first-order valence-corrected chi connectivity index (χ1v) is 10.7. The average Bonchev–Trinajstić information content (AvgIpc) is 3.25. The fourth-order valence-corrected chi connectivity index (χ4v) is 5.21. The molecule has 2 aliphatic heterocycles. The number of benzene rings is 1.